The van der Waals surface area contributed by atoms with Crippen LogP contribution < -0.4 is 83.4 Å². The quantitative estimate of drug-likeness (QED) is 0.0345. The summed E-state index contributed by atoms with van der Waals surface area (Å²) >= 11 is 0. The third-order valence-electron chi connectivity index (χ3n) is 22.1. The molecule has 0 unspecified atom stereocenters. The molecule has 12 aromatic rings. The Morgan fingerprint density at radius 3 is 1.01 bits per heavy atom. The van der Waals surface area contributed by atoms with Gasteiger partial charge in [-0.25, -0.2) is 19.9 Å². The van der Waals surface area contributed by atoms with Gasteiger partial charge in [0, 0.05) is 281 Å². The van der Waals surface area contributed by atoms with Crippen molar-refractivity contribution in [2.24, 2.45) is 51.6 Å². The number of anilines is 16. The standard InChI is InChI=1S/2C22H24N8O2.2C21H23N9O2/c1-23-22(32)14-8-25-18(27-21(31)12-4-5-12)6-16(14)26-17-9-24-7-15-19-13(11-30(3)28-19)10-29(2)20(15)17;1-23-22(32)15-9-25-17(27-21(31)12-4-5-12)8-16(15)26-20-19-14(6-7-24-20)18-13(10-29(19)2)11-30(3)28-18;1-22-21(32)18-14(6-16(26-27-18)25-20(31)11-4-5-11)24-15-8-23-7-13-17-12(10-30(3)28-17)9-29(2)19(13)15;1-22-21(32)17-14(8-15(26-27-17)25-20(31)11-4-5-11)24-19-18-13(6-7-23-19)16-12(9-29(18)2)10-30(3)28-16/h6-9,11-12H,4-5,10H2,1-3H3,(H,23,32)(H2,25,26,27,31);6-9,11-12H,4-5,10H2,1-3H3,(H,23,32)(H2,24,25,26,27,31);6-8,10-11H,4-5,9H2,1-3H3,(H,22,32)(H2,24,25,26,31);6-8,10-11H,4-5,9H2,1-3H3,(H,22,32)(H2,23,24,25,26,31)/i4*3D3. The van der Waals surface area contributed by atoms with Crippen molar-refractivity contribution in [3.05, 3.63) is 156 Å². The Kier molecular flexibility index (Phi) is 19.3. The molecule has 20 rings (SSSR count). The number of carbonyl (C=O) groups is 8. The third kappa shape index (κ3) is 17.7. The van der Waals surface area contributed by atoms with E-state index in [-0.39, 0.29) is 87.7 Å². The minimum absolute atomic E-state index is 0.00665. The van der Waals surface area contributed by atoms with Crippen LogP contribution in [0.1, 0.15) is 132 Å². The molecule has 4 aliphatic heterocycles. The molecule has 4 fully saturated rings. The van der Waals surface area contributed by atoms with Gasteiger partial charge in [-0.3, -0.25) is 67.1 Å². The average Bonchev–Trinajstić information content (AvgIpc) is 1.62. The molecule has 0 aromatic carbocycles. The van der Waals surface area contributed by atoms with Crippen LogP contribution in [-0.2, 0) is 73.3 Å². The van der Waals surface area contributed by atoms with Gasteiger partial charge in [-0.15, -0.1) is 20.4 Å². The number of nitrogens with one attached hydrogen (secondary N) is 12. The summed E-state index contributed by atoms with van der Waals surface area (Å²) in [6.45, 7) is -7.85. The Morgan fingerprint density at radius 2 is 0.656 bits per heavy atom. The van der Waals surface area contributed by atoms with E-state index >= 15 is 0 Å². The van der Waals surface area contributed by atoms with E-state index in [0.717, 1.165) is 104 Å². The second-order valence-corrected chi connectivity index (χ2v) is 31.6. The predicted molar refractivity (Wildman–Crippen MR) is 479 cm³/mol. The van der Waals surface area contributed by atoms with Gasteiger partial charge in [-0.2, -0.15) is 20.4 Å². The SMILES string of the molecule is [2H]C([2H])([2H])n1cc2c(n1)-c1ccnc(Nc3cc(NC(=O)C4CC4)ncc3C(=O)NC)c1N(C)C2.[2H]C([2H])([2H])n1cc2c(n1)-c1ccnc(Nc3cc(NC(=O)C4CC4)nnc3C(=O)NC)c1N(C)C2.[2H]C([2H])([2H])n1cc2c(n1)-c1cncc(Nc3cc(NC(=O)C4CC4)ncc3C(=O)NC)c1N(C)C2.[2H]C([2H])([2H])n1cc2c(n1)-c1cncc(Nc3cc(NC(=O)C4CC4)nnc3C(=O)NC)c1N(C)C2. The number of pyridine rings is 6. The summed E-state index contributed by atoms with van der Waals surface area (Å²) < 4.78 is 96.1. The van der Waals surface area contributed by atoms with Crippen molar-refractivity contribution in [3.63, 3.8) is 0 Å². The van der Waals surface area contributed by atoms with Crippen molar-refractivity contribution in [2.75, 3.05) is 119 Å². The number of aromatic nitrogens is 18. The summed E-state index contributed by atoms with van der Waals surface area (Å²) in [6, 6.07) is 9.84. The molecule has 42 nitrogen and oxygen atoms in total. The second kappa shape index (κ2) is 35.0. The van der Waals surface area contributed by atoms with E-state index in [2.05, 4.69) is 134 Å². The van der Waals surface area contributed by atoms with Crippen molar-refractivity contribution in [2.45, 2.75) is 77.5 Å². The topological polar surface area (TPSA) is 494 Å². The van der Waals surface area contributed by atoms with E-state index in [1.54, 1.807) is 67.5 Å². The van der Waals surface area contributed by atoms with Crippen LogP contribution in [0.2, 0.25) is 0 Å². The monoisotopic (exact) mass is 1740 g/mol. The van der Waals surface area contributed by atoms with E-state index in [9.17, 15) is 38.4 Å². The van der Waals surface area contributed by atoms with Crippen molar-refractivity contribution >= 4 is 139 Å². The maximum Gasteiger partial charge on any atom is 0.273 e. The molecule has 8 amide bonds. The highest BCUT2D eigenvalue weighted by Crippen LogP contribution is 2.48. The first-order chi connectivity index (χ1) is 66.6. The largest absolute Gasteiger partial charge is 0.368 e. The summed E-state index contributed by atoms with van der Waals surface area (Å²) in [5, 5.41) is 67.4. The third-order valence-corrected chi connectivity index (χ3v) is 22.1. The first-order valence-corrected chi connectivity index (χ1v) is 40.7. The molecule has 128 heavy (non-hydrogen) atoms. The number of nitrogens with zero attached hydrogens (tertiary/aromatic N) is 22. The van der Waals surface area contributed by atoms with E-state index in [0.29, 0.717) is 146 Å². The minimum atomic E-state index is -2.40. The molecular formula is C86H94N34O8. The van der Waals surface area contributed by atoms with Crippen LogP contribution in [0.4, 0.5) is 91.8 Å². The van der Waals surface area contributed by atoms with Gasteiger partial charge in [0.25, 0.3) is 23.6 Å². The van der Waals surface area contributed by atoms with Crippen LogP contribution >= 0.6 is 0 Å². The number of amides is 8. The fraction of sp³-hybridized carbons (Fsp3) is 0.326. The summed E-state index contributed by atoms with van der Waals surface area (Å²) in [5.74, 6) is -0.111. The van der Waals surface area contributed by atoms with Crippen LogP contribution in [0.15, 0.2) is 111 Å². The summed E-state index contributed by atoms with van der Waals surface area (Å²) in [7, 11) is 13.5. The lowest BCUT2D eigenvalue weighted by Crippen LogP contribution is -2.24. The smallest absolute Gasteiger partial charge is 0.273 e. The fourth-order valence-corrected chi connectivity index (χ4v) is 15.2. The van der Waals surface area contributed by atoms with Crippen LogP contribution in [0, 0.1) is 23.7 Å². The summed E-state index contributed by atoms with van der Waals surface area (Å²) in [4.78, 5) is 133. The van der Waals surface area contributed by atoms with Gasteiger partial charge >= 0.3 is 0 Å². The van der Waals surface area contributed by atoms with Crippen LogP contribution in [0.5, 0.6) is 0 Å². The molecule has 42 heteroatoms. The molecule has 12 aromatic heterocycles. The van der Waals surface area contributed by atoms with Crippen LogP contribution in [-0.4, -0.2) is 193 Å². The number of fused-ring (bicyclic) bond motifs is 12. The van der Waals surface area contributed by atoms with Gasteiger partial charge in [-0.05, 0) is 63.5 Å². The molecule has 0 spiro atoms. The Bertz CT molecular complexity index is 6150. The molecule has 4 aliphatic carbocycles. The molecule has 0 atom stereocenters. The Labute approximate surface area is 750 Å². The van der Waals surface area contributed by atoms with Crippen molar-refractivity contribution < 1.29 is 54.8 Å². The highest BCUT2D eigenvalue weighted by atomic mass is 16.2. The van der Waals surface area contributed by atoms with Gasteiger partial charge < -0.3 is 83.4 Å². The highest BCUT2D eigenvalue weighted by Gasteiger charge is 2.37. The van der Waals surface area contributed by atoms with Gasteiger partial charge in [0.2, 0.25) is 23.6 Å². The summed E-state index contributed by atoms with van der Waals surface area (Å²) in [5.41, 5.74) is 14.2. The van der Waals surface area contributed by atoms with Crippen LogP contribution in [0.25, 0.3) is 45.0 Å². The normalized spacial score (nSPS) is 16.2. The maximum atomic E-state index is 12.5. The molecule has 4 saturated carbocycles. The minimum Gasteiger partial charge on any atom is -0.368 e. The highest BCUT2D eigenvalue weighted by molar-refractivity contribution is 6.06. The second-order valence-electron chi connectivity index (χ2n) is 31.6. The lowest BCUT2D eigenvalue weighted by atomic mass is 10.0. The molecule has 12 N–H and O–H groups in total. The van der Waals surface area contributed by atoms with E-state index in [1.165, 1.54) is 71.4 Å². The molecule has 8 aliphatic rings. The zero-order valence-electron chi connectivity index (χ0n) is 82.3. The molecule has 0 radical (unpaired) electrons. The first-order valence-electron chi connectivity index (χ1n) is 46.7. The predicted octanol–water partition coefficient (Wildman–Crippen LogP) is 7.90. The molecule has 0 saturated heterocycles. The zero-order valence-corrected chi connectivity index (χ0v) is 70.3. The molecule has 656 valence electrons. The van der Waals surface area contributed by atoms with E-state index in [1.807, 2.05) is 47.8 Å². The lowest BCUT2D eigenvalue weighted by Gasteiger charge is -2.29. The Morgan fingerprint density at radius 1 is 0.344 bits per heavy atom. The van der Waals surface area contributed by atoms with Gasteiger partial charge in [-0.1, -0.05) is 0 Å². The zero-order chi connectivity index (χ0) is 99.6. The van der Waals surface area contributed by atoms with Gasteiger partial charge in [0.05, 0.1) is 91.8 Å². The number of rotatable bonds is 20. The maximum absolute atomic E-state index is 12.5. The molecule has 16 heterocycles. The molecule has 0 bridgehead atoms. The number of hydrogen-bond acceptors (Lipinski definition) is 30. The number of hydrogen-bond donors (Lipinski definition) is 12. The van der Waals surface area contributed by atoms with Crippen molar-refractivity contribution in [1.82, 2.24) is 111 Å². The molecular weight excluding hydrogens is 1640 g/mol. The Balaban J connectivity index is 0.000000129. The van der Waals surface area contributed by atoms with Gasteiger partial charge in [0.1, 0.15) is 23.0 Å². The fourth-order valence-electron chi connectivity index (χ4n) is 15.2. The first kappa shape index (κ1) is 70.5. The van der Waals surface area contributed by atoms with Crippen LogP contribution in [0.3, 0.4) is 0 Å². The van der Waals surface area contributed by atoms with Crippen molar-refractivity contribution in [1.29, 1.82) is 0 Å². The van der Waals surface area contributed by atoms with E-state index < -0.39 is 39.7 Å². The average molecular weight is 1740 g/mol. The number of aryl methyl sites for hydroxylation is 4. The van der Waals surface area contributed by atoms with Gasteiger partial charge in [0.15, 0.2) is 34.7 Å². The lowest BCUT2D eigenvalue weighted by molar-refractivity contribution is -0.118. The van der Waals surface area contributed by atoms with Crippen molar-refractivity contribution in [3.8, 4) is 45.0 Å². The Hall–Kier alpha value is -15.9. The number of carbonyl (C=O) groups excluding carboxylic acids is 8. The summed E-state index contributed by atoms with van der Waals surface area (Å²) in [6.07, 6.45) is 25.4. The van der Waals surface area contributed by atoms with E-state index in [4.69, 9.17) is 16.4 Å².